The van der Waals surface area contributed by atoms with E-state index in [1.54, 1.807) is 0 Å². The Morgan fingerprint density at radius 1 is 1.00 bits per heavy atom. The zero-order valence-electron chi connectivity index (χ0n) is 17.6. The number of hydrogen-bond acceptors (Lipinski definition) is 2. The van der Waals surface area contributed by atoms with Gasteiger partial charge in [0.25, 0.3) is 5.91 Å². The van der Waals surface area contributed by atoms with Crippen molar-refractivity contribution in [1.29, 1.82) is 0 Å². The van der Waals surface area contributed by atoms with Gasteiger partial charge in [0, 0.05) is 29.5 Å². The molecular formula is C25H28ClN3O. The van der Waals surface area contributed by atoms with Crippen molar-refractivity contribution in [3.05, 3.63) is 76.4 Å². The third-order valence-corrected chi connectivity index (χ3v) is 6.09. The molecule has 0 saturated carbocycles. The smallest absolute Gasteiger partial charge is 0.253 e. The molecule has 0 aliphatic carbocycles. The molecule has 1 aliphatic rings. The number of nitrogens with zero attached hydrogens (tertiary/aromatic N) is 2. The third kappa shape index (κ3) is 4.45. The van der Waals surface area contributed by atoms with Crippen LogP contribution in [0.5, 0.6) is 0 Å². The average Bonchev–Trinajstić information content (AvgIpc) is 3.37. The largest absolute Gasteiger partial charge is 0.351 e. The Hall–Kier alpha value is -2.56. The number of carbonyl (C=O) groups excluding carboxylic acids is 1. The second-order valence-corrected chi connectivity index (χ2v) is 8.45. The SMILES string of the molecule is Cc1ccc(-n2c(-c3ccc(Cl)cc3)cc(C(=O)NCCN3CCCC3)c2C)cc1. The van der Waals surface area contributed by atoms with Crippen molar-refractivity contribution >= 4 is 17.5 Å². The van der Waals surface area contributed by atoms with Crippen LogP contribution in [0.25, 0.3) is 16.9 Å². The lowest BCUT2D eigenvalue weighted by Gasteiger charge is -2.15. The van der Waals surface area contributed by atoms with Crippen molar-refractivity contribution in [3.8, 4) is 16.9 Å². The maximum absolute atomic E-state index is 13.0. The Kier molecular flexibility index (Phi) is 6.26. The molecule has 0 radical (unpaired) electrons. The highest BCUT2D eigenvalue weighted by Gasteiger charge is 2.20. The fourth-order valence-electron chi connectivity index (χ4n) is 4.13. The number of benzene rings is 2. The maximum Gasteiger partial charge on any atom is 0.253 e. The molecule has 5 heteroatoms. The summed E-state index contributed by atoms with van der Waals surface area (Å²) >= 11 is 6.10. The average molecular weight is 422 g/mol. The van der Waals surface area contributed by atoms with Gasteiger partial charge in [0.05, 0.1) is 11.3 Å². The summed E-state index contributed by atoms with van der Waals surface area (Å²) < 4.78 is 2.15. The first-order valence-electron chi connectivity index (χ1n) is 10.6. The van der Waals surface area contributed by atoms with Crippen LogP contribution in [-0.2, 0) is 0 Å². The quantitative estimate of drug-likeness (QED) is 0.590. The number of rotatable bonds is 6. The molecular weight excluding hydrogens is 394 g/mol. The summed E-state index contributed by atoms with van der Waals surface area (Å²) in [5.41, 5.74) is 5.90. The molecule has 3 aromatic rings. The Morgan fingerprint density at radius 3 is 2.33 bits per heavy atom. The van der Waals surface area contributed by atoms with Crippen LogP contribution < -0.4 is 5.32 Å². The fraction of sp³-hybridized carbons (Fsp3) is 0.320. The monoisotopic (exact) mass is 421 g/mol. The standard InChI is InChI=1S/C25H28ClN3O/c1-18-5-11-22(12-6-18)29-19(2)23(17-24(29)20-7-9-21(26)10-8-20)25(30)27-13-16-28-14-3-4-15-28/h5-12,17H,3-4,13-16H2,1-2H3,(H,27,30). The minimum Gasteiger partial charge on any atom is -0.351 e. The number of carbonyl (C=O) groups is 1. The molecule has 4 rings (SSSR count). The zero-order valence-corrected chi connectivity index (χ0v) is 18.4. The van der Waals surface area contributed by atoms with Crippen LogP contribution in [0.3, 0.4) is 0 Å². The lowest BCUT2D eigenvalue weighted by atomic mass is 10.1. The van der Waals surface area contributed by atoms with Crippen molar-refractivity contribution < 1.29 is 4.79 Å². The number of likely N-dealkylation sites (tertiary alicyclic amines) is 1. The predicted molar refractivity (Wildman–Crippen MR) is 124 cm³/mol. The van der Waals surface area contributed by atoms with Gasteiger partial charge in [-0.2, -0.15) is 0 Å². The van der Waals surface area contributed by atoms with Crippen LogP contribution in [0.4, 0.5) is 0 Å². The molecule has 0 atom stereocenters. The van der Waals surface area contributed by atoms with Gasteiger partial charge in [0.15, 0.2) is 0 Å². The normalized spacial score (nSPS) is 14.2. The first kappa shape index (κ1) is 20.7. The van der Waals surface area contributed by atoms with Crippen LogP contribution in [0.1, 0.15) is 34.5 Å². The molecule has 1 fully saturated rings. The van der Waals surface area contributed by atoms with Crippen LogP contribution in [0.2, 0.25) is 5.02 Å². The second kappa shape index (κ2) is 9.07. The Bertz CT molecular complexity index is 1020. The number of aromatic nitrogens is 1. The summed E-state index contributed by atoms with van der Waals surface area (Å²) in [5, 5.41) is 3.81. The van der Waals surface area contributed by atoms with Crippen molar-refractivity contribution in [2.75, 3.05) is 26.2 Å². The summed E-state index contributed by atoms with van der Waals surface area (Å²) in [6.07, 6.45) is 2.52. The maximum atomic E-state index is 13.0. The van der Waals surface area contributed by atoms with Crippen LogP contribution in [0.15, 0.2) is 54.6 Å². The lowest BCUT2D eigenvalue weighted by Crippen LogP contribution is -2.33. The van der Waals surface area contributed by atoms with Gasteiger partial charge in [-0.1, -0.05) is 41.4 Å². The zero-order chi connectivity index (χ0) is 21.1. The van der Waals surface area contributed by atoms with E-state index in [-0.39, 0.29) is 5.91 Å². The highest BCUT2D eigenvalue weighted by atomic mass is 35.5. The first-order chi connectivity index (χ1) is 14.5. The van der Waals surface area contributed by atoms with E-state index >= 15 is 0 Å². The van der Waals surface area contributed by atoms with Gasteiger partial charge in [0.2, 0.25) is 0 Å². The van der Waals surface area contributed by atoms with Gasteiger partial charge in [0.1, 0.15) is 0 Å². The fourth-order valence-corrected chi connectivity index (χ4v) is 4.25. The molecule has 1 N–H and O–H groups in total. The highest BCUT2D eigenvalue weighted by Crippen LogP contribution is 2.30. The Labute approximate surface area is 183 Å². The molecule has 1 amide bonds. The molecule has 2 heterocycles. The Morgan fingerprint density at radius 2 is 1.67 bits per heavy atom. The first-order valence-corrected chi connectivity index (χ1v) is 11.0. The van der Waals surface area contributed by atoms with Crippen LogP contribution in [0, 0.1) is 13.8 Å². The van der Waals surface area contributed by atoms with Crippen molar-refractivity contribution in [2.24, 2.45) is 0 Å². The molecule has 2 aromatic carbocycles. The van der Waals surface area contributed by atoms with E-state index in [9.17, 15) is 4.79 Å². The molecule has 0 spiro atoms. The molecule has 4 nitrogen and oxygen atoms in total. The number of aryl methyl sites for hydroxylation is 1. The Balaban J connectivity index is 1.65. The van der Waals surface area contributed by atoms with Crippen LogP contribution in [-0.4, -0.2) is 41.6 Å². The molecule has 156 valence electrons. The van der Waals surface area contributed by atoms with E-state index in [1.807, 2.05) is 37.3 Å². The summed E-state index contributed by atoms with van der Waals surface area (Å²) in [4.78, 5) is 15.4. The molecule has 1 aliphatic heterocycles. The van der Waals surface area contributed by atoms with E-state index in [0.29, 0.717) is 17.1 Å². The van der Waals surface area contributed by atoms with Crippen molar-refractivity contribution in [1.82, 2.24) is 14.8 Å². The lowest BCUT2D eigenvalue weighted by molar-refractivity contribution is 0.0949. The summed E-state index contributed by atoms with van der Waals surface area (Å²) in [6.45, 7) is 7.94. The van der Waals surface area contributed by atoms with Crippen molar-refractivity contribution in [3.63, 3.8) is 0 Å². The minimum atomic E-state index is -0.0206. The van der Waals surface area contributed by atoms with E-state index in [2.05, 4.69) is 46.0 Å². The highest BCUT2D eigenvalue weighted by molar-refractivity contribution is 6.30. The van der Waals surface area contributed by atoms with E-state index in [4.69, 9.17) is 11.6 Å². The minimum absolute atomic E-state index is 0.0206. The second-order valence-electron chi connectivity index (χ2n) is 8.01. The molecule has 1 saturated heterocycles. The molecule has 30 heavy (non-hydrogen) atoms. The number of nitrogens with one attached hydrogen (secondary N) is 1. The van der Waals surface area contributed by atoms with Crippen molar-refractivity contribution in [2.45, 2.75) is 26.7 Å². The van der Waals surface area contributed by atoms with Gasteiger partial charge in [-0.3, -0.25) is 4.79 Å². The third-order valence-electron chi connectivity index (χ3n) is 5.84. The number of halogens is 1. The summed E-state index contributed by atoms with van der Waals surface area (Å²) in [5.74, 6) is -0.0206. The molecule has 0 unspecified atom stereocenters. The topological polar surface area (TPSA) is 37.3 Å². The van der Waals surface area contributed by atoms with Gasteiger partial charge >= 0.3 is 0 Å². The molecule has 0 bridgehead atoms. The van der Waals surface area contributed by atoms with Gasteiger partial charge in [-0.25, -0.2) is 0 Å². The number of amides is 1. The summed E-state index contributed by atoms with van der Waals surface area (Å²) in [6, 6.07) is 18.1. The van der Waals surface area contributed by atoms with Gasteiger partial charge in [-0.05, 0) is 75.7 Å². The number of hydrogen-bond donors (Lipinski definition) is 1. The van der Waals surface area contributed by atoms with Gasteiger partial charge < -0.3 is 14.8 Å². The van der Waals surface area contributed by atoms with E-state index < -0.39 is 0 Å². The van der Waals surface area contributed by atoms with Gasteiger partial charge in [-0.15, -0.1) is 0 Å². The van der Waals surface area contributed by atoms with Crippen LogP contribution >= 0.6 is 11.6 Å². The van der Waals surface area contributed by atoms with E-state index in [0.717, 1.165) is 42.3 Å². The predicted octanol–water partition coefficient (Wildman–Crippen LogP) is 5.24. The summed E-state index contributed by atoms with van der Waals surface area (Å²) in [7, 11) is 0. The van der Waals surface area contributed by atoms with E-state index in [1.165, 1.54) is 18.4 Å². The molecule has 1 aromatic heterocycles.